The summed E-state index contributed by atoms with van der Waals surface area (Å²) in [6.45, 7) is 2.80. The van der Waals surface area contributed by atoms with Gasteiger partial charge in [0.15, 0.2) is 0 Å². The second-order valence-corrected chi connectivity index (χ2v) is 3.77. The van der Waals surface area contributed by atoms with Crippen LogP contribution in [0, 0.1) is 5.95 Å². The summed E-state index contributed by atoms with van der Waals surface area (Å²) in [6, 6.07) is 6.18. The molecule has 2 rings (SSSR count). The Balaban J connectivity index is 2.12. The molecule has 4 nitrogen and oxygen atoms in total. The number of halogens is 1. The molecule has 5 heteroatoms. The normalized spacial score (nSPS) is 10.3. The van der Waals surface area contributed by atoms with Gasteiger partial charge in [0.05, 0.1) is 18.4 Å². The van der Waals surface area contributed by atoms with Crippen molar-refractivity contribution in [2.75, 3.05) is 6.54 Å². The van der Waals surface area contributed by atoms with Crippen LogP contribution in [0.5, 0.6) is 0 Å². The molecule has 0 spiro atoms. The number of nitrogens with zero attached hydrogens (tertiary/aromatic N) is 2. The first-order valence-electron chi connectivity index (χ1n) is 5.64. The molecule has 2 heterocycles. The minimum atomic E-state index is -0.597. The van der Waals surface area contributed by atoms with Crippen LogP contribution in [0.1, 0.15) is 23.0 Å². The van der Waals surface area contributed by atoms with Crippen LogP contribution in [-0.4, -0.2) is 22.3 Å². The molecule has 0 saturated carbocycles. The van der Waals surface area contributed by atoms with Gasteiger partial charge >= 0.3 is 0 Å². The maximum Gasteiger partial charge on any atom is 0.255 e. The van der Waals surface area contributed by atoms with Crippen molar-refractivity contribution >= 4 is 5.91 Å². The zero-order chi connectivity index (χ0) is 13.0. The Morgan fingerprint density at radius 2 is 2.28 bits per heavy atom. The number of amides is 1. The summed E-state index contributed by atoms with van der Waals surface area (Å²) in [5, 5.41) is 0. The van der Waals surface area contributed by atoms with Crippen molar-refractivity contribution in [2.45, 2.75) is 13.5 Å². The Morgan fingerprint density at radius 3 is 2.83 bits per heavy atom. The Morgan fingerprint density at radius 1 is 1.44 bits per heavy atom. The highest BCUT2D eigenvalue weighted by molar-refractivity contribution is 5.93. The molecule has 94 valence electrons. The lowest BCUT2D eigenvalue weighted by molar-refractivity contribution is 0.0741. The molecule has 0 unspecified atom stereocenters. The number of hydrogen-bond donors (Lipinski definition) is 0. The molecule has 1 amide bonds. The predicted molar refractivity (Wildman–Crippen MR) is 63.3 cm³/mol. The van der Waals surface area contributed by atoms with Crippen LogP contribution in [0.4, 0.5) is 4.39 Å². The molecule has 0 aliphatic carbocycles. The summed E-state index contributed by atoms with van der Waals surface area (Å²) < 4.78 is 17.9. The third-order valence-electron chi connectivity index (χ3n) is 2.57. The second-order valence-electron chi connectivity index (χ2n) is 3.77. The van der Waals surface area contributed by atoms with Gasteiger partial charge < -0.3 is 9.32 Å². The average Bonchev–Trinajstić information content (AvgIpc) is 2.89. The number of rotatable bonds is 4. The van der Waals surface area contributed by atoms with Gasteiger partial charge in [-0.25, -0.2) is 4.98 Å². The van der Waals surface area contributed by atoms with Crippen molar-refractivity contribution in [1.82, 2.24) is 9.88 Å². The van der Waals surface area contributed by atoms with E-state index in [4.69, 9.17) is 4.42 Å². The molecule has 0 atom stereocenters. The third kappa shape index (κ3) is 2.74. The van der Waals surface area contributed by atoms with Gasteiger partial charge in [-0.2, -0.15) is 4.39 Å². The molecule has 0 fully saturated rings. The monoisotopic (exact) mass is 248 g/mol. The Hall–Kier alpha value is -2.17. The van der Waals surface area contributed by atoms with Crippen LogP contribution < -0.4 is 0 Å². The van der Waals surface area contributed by atoms with Crippen LogP contribution in [0.15, 0.2) is 41.1 Å². The molecular weight excluding hydrogens is 235 g/mol. The summed E-state index contributed by atoms with van der Waals surface area (Å²) in [4.78, 5) is 17.2. The number of hydrogen-bond acceptors (Lipinski definition) is 3. The van der Waals surface area contributed by atoms with E-state index in [2.05, 4.69) is 4.98 Å². The van der Waals surface area contributed by atoms with E-state index in [-0.39, 0.29) is 5.91 Å². The maximum absolute atomic E-state index is 12.7. The standard InChI is InChI=1S/C13H13FN2O2/c1-2-16(9-11-4-3-7-18-11)13(17)10-5-6-12(14)15-8-10/h3-8H,2,9H2,1H3. The Labute approximate surface area is 104 Å². The van der Waals surface area contributed by atoms with Gasteiger partial charge in [-0.05, 0) is 31.2 Å². The fourth-order valence-electron chi connectivity index (χ4n) is 1.60. The predicted octanol–water partition coefficient (Wildman–Crippen LogP) is 2.48. The fourth-order valence-corrected chi connectivity index (χ4v) is 1.60. The van der Waals surface area contributed by atoms with E-state index in [9.17, 15) is 9.18 Å². The van der Waals surface area contributed by atoms with Crippen molar-refractivity contribution in [1.29, 1.82) is 0 Å². The second kappa shape index (κ2) is 5.44. The van der Waals surface area contributed by atoms with E-state index >= 15 is 0 Å². The minimum Gasteiger partial charge on any atom is -0.467 e. The van der Waals surface area contributed by atoms with Gasteiger partial charge in [-0.3, -0.25) is 4.79 Å². The third-order valence-corrected chi connectivity index (χ3v) is 2.57. The molecule has 0 bridgehead atoms. The molecule has 0 aliphatic heterocycles. The summed E-state index contributed by atoms with van der Waals surface area (Å²) in [7, 11) is 0. The lowest BCUT2D eigenvalue weighted by Gasteiger charge is -2.19. The topological polar surface area (TPSA) is 46.3 Å². The van der Waals surface area contributed by atoms with Crippen LogP contribution in [0.25, 0.3) is 0 Å². The van der Waals surface area contributed by atoms with Crippen molar-refractivity contribution < 1.29 is 13.6 Å². The van der Waals surface area contributed by atoms with Gasteiger partial charge in [0.2, 0.25) is 5.95 Å². The number of carbonyl (C=O) groups is 1. The highest BCUT2D eigenvalue weighted by Crippen LogP contribution is 2.10. The van der Waals surface area contributed by atoms with Crippen molar-refractivity contribution in [2.24, 2.45) is 0 Å². The van der Waals surface area contributed by atoms with Crippen molar-refractivity contribution in [3.05, 3.63) is 54.0 Å². The summed E-state index contributed by atoms with van der Waals surface area (Å²) >= 11 is 0. The molecule has 0 N–H and O–H groups in total. The zero-order valence-electron chi connectivity index (χ0n) is 9.97. The lowest BCUT2D eigenvalue weighted by Crippen LogP contribution is -2.30. The van der Waals surface area contributed by atoms with E-state index in [0.717, 1.165) is 0 Å². The smallest absolute Gasteiger partial charge is 0.255 e. The first kappa shape index (κ1) is 12.3. The molecule has 2 aromatic rings. The highest BCUT2D eigenvalue weighted by atomic mass is 19.1. The summed E-state index contributed by atoms with van der Waals surface area (Å²) in [5.74, 6) is -0.0812. The number of aromatic nitrogens is 1. The van der Waals surface area contributed by atoms with E-state index in [0.29, 0.717) is 24.4 Å². The van der Waals surface area contributed by atoms with E-state index in [1.807, 2.05) is 6.92 Å². The van der Waals surface area contributed by atoms with E-state index < -0.39 is 5.95 Å². The van der Waals surface area contributed by atoms with Gasteiger partial charge in [-0.1, -0.05) is 0 Å². The molecule has 2 aromatic heterocycles. The molecule has 0 radical (unpaired) electrons. The molecular formula is C13H13FN2O2. The minimum absolute atomic E-state index is 0.193. The Kier molecular flexibility index (Phi) is 3.72. The zero-order valence-corrected chi connectivity index (χ0v) is 9.97. The average molecular weight is 248 g/mol. The van der Waals surface area contributed by atoms with Crippen LogP contribution >= 0.6 is 0 Å². The van der Waals surface area contributed by atoms with Gasteiger partial charge in [0.1, 0.15) is 5.76 Å². The first-order chi connectivity index (χ1) is 8.70. The molecule has 0 saturated heterocycles. The maximum atomic E-state index is 12.7. The van der Waals surface area contributed by atoms with Gasteiger partial charge in [0.25, 0.3) is 5.91 Å². The summed E-state index contributed by atoms with van der Waals surface area (Å²) in [6.07, 6.45) is 2.80. The quantitative estimate of drug-likeness (QED) is 0.781. The van der Waals surface area contributed by atoms with Gasteiger partial charge in [0, 0.05) is 12.7 Å². The first-order valence-corrected chi connectivity index (χ1v) is 5.64. The number of pyridine rings is 1. The SMILES string of the molecule is CCN(Cc1ccco1)C(=O)c1ccc(F)nc1. The van der Waals surface area contributed by atoms with Crippen LogP contribution in [0.2, 0.25) is 0 Å². The van der Waals surface area contributed by atoms with E-state index in [1.165, 1.54) is 18.3 Å². The Bertz CT molecular complexity index is 508. The van der Waals surface area contributed by atoms with Crippen LogP contribution in [-0.2, 0) is 6.54 Å². The van der Waals surface area contributed by atoms with Crippen molar-refractivity contribution in [3.8, 4) is 0 Å². The molecule has 0 aromatic carbocycles. The number of carbonyl (C=O) groups excluding carboxylic acids is 1. The van der Waals surface area contributed by atoms with Gasteiger partial charge in [-0.15, -0.1) is 0 Å². The highest BCUT2D eigenvalue weighted by Gasteiger charge is 2.15. The fraction of sp³-hybridized carbons (Fsp3) is 0.231. The van der Waals surface area contributed by atoms with Crippen LogP contribution in [0.3, 0.4) is 0 Å². The molecule has 0 aliphatic rings. The van der Waals surface area contributed by atoms with E-state index in [1.54, 1.807) is 23.3 Å². The molecule has 18 heavy (non-hydrogen) atoms. The lowest BCUT2D eigenvalue weighted by atomic mass is 10.2. The largest absolute Gasteiger partial charge is 0.467 e. The number of furan rings is 1. The van der Waals surface area contributed by atoms with Crippen molar-refractivity contribution in [3.63, 3.8) is 0 Å². The summed E-state index contributed by atoms with van der Waals surface area (Å²) in [5.41, 5.74) is 0.366.